The highest BCUT2D eigenvalue weighted by atomic mass is 16.3. The molecule has 0 aliphatic carbocycles. The molecule has 0 saturated carbocycles. The topological polar surface area (TPSA) is 38.9 Å². The van der Waals surface area contributed by atoms with Gasteiger partial charge in [-0.1, -0.05) is 60.7 Å². The molecule has 0 aliphatic heterocycles. The number of aromatic nitrogens is 2. The minimum atomic E-state index is 0.849. The zero-order valence-corrected chi connectivity index (χ0v) is 16.7. The van der Waals surface area contributed by atoms with Crippen LogP contribution in [0.15, 0.2) is 114 Å². The highest BCUT2D eigenvalue weighted by molar-refractivity contribution is 6.05. The molecule has 146 valence electrons. The number of furan rings is 1. The van der Waals surface area contributed by atoms with Crippen LogP contribution in [0.2, 0.25) is 0 Å². The van der Waals surface area contributed by atoms with Crippen LogP contribution in [0.5, 0.6) is 0 Å². The van der Waals surface area contributed by atoms with Crippen LogP contribution in [-0.4, -0.2) is 9.97 Å². The van der Waals surface area contributed by atoms with Gasteiger partial charge in [-0.3, -0.25) is 4.98 Å². The van der Waals surface area contributed by atoms with E-state index in [1.54, 1.807) is 6.20 Å². The predicted octanol–water partition coefficient (Wildman–Crippen LogP) is 7.38. The molecule has 0 spiro atoms. The van der Waals surface area contributed by atoms with E-state index in [1.165, 1.54) is 0 Å². The number of nitrogens with zero attached hydrogens (tertiary/aromatic N) is 2. The molecule has 3 aromatic carbocycles. The van der Waals surface area contributed by atoms with Crippen LogP contribution in [0.25, 0.3) is 55.7 Å². The maximum atomic E-state index is 6.12. The fourth-order valence-corrected chi connectivity index (χ4v) is 4.00. The smallest absolute Gasteiger partial charge is 0.136 e. The molecule has 0 fully saturated rings. The molecule has 6 aromatic rings. The van der Waals surface area contributed by atoms with Gasteiger partial charge in [0.2, 0.25) is 0 Å². The third-order valence-electron chi connectivity index (χ3n) is 5.53. The van der Waals surface area contributed by atoms with Gasteiger partial charge in [0.05, 0.1) is 17.1 Å². The third-order valence-corrected chi connectivity index (χ3v) is 5.53. The van der Waals surface area contributed by atoms with Crippen LogP contribution >= 0.6 is 0 Å². The quantitative estimate of drug-likeness (QED) is 0.312. The Bertz CT molecular complexity index is 1460. The fourth-order valence-electron chi connectivity index (χ4n) is 4.00. The Morgan fingerprint density at radius 3 is 2.13 bits per heavy atom. The van der Waals surface area contributed by atoms with E-state index in [9.17, 15) is 0 Å². The molecule has 3 heterocycles. The highest BCUT2D eigenvalue weighted by Crippen LogP contribution is 2.34. The maximum absolute atomic E-state index is 6.12. The highest BCUT2D eigenvalue weighted by Gasteiger charge is 2.12. The first-order chi connectivity index (χ1) is 15.3. The average molecular weight is 398 g/mol. The Labute approximate surface area is 179 Å². The fraction of sp³-hybridized carbons (Fsp3) is 0. The van der Waals surface area contributed by atoms with Crippen molar-refractivity contribution in [3.05, 3.63) is 109 Å². The lowest BCUT2D eigenvalue weighted by Gasteiger charge is -2.10. The maximum Gasteiger partial charge on any atom is 0.136 e. The second kappa shape index (κ2) is 7.22. The Balaban J connectivity index is 1.56. The summed E-state index contributed by atoms with van der Waals surface area (Å²) in [5.41, 5.74) is 7.66. The van der Waals surface area contributed by atoms with E-state index in [0.717, 1.165) is 55.7 Å². The Morgan fingerprint density at radius 1 is 0.484 bits per heavy atom. The summed E-state index contributed by atoms with van der Waals surface area (Å²) in [5.74, 6) is 0. The van der Waals surface area contributed by atoms with Gasteiger partial charge in [0, 0.05) is 22.5 Å². The number of fused-ring (bicyclic) bond motifs is 3. The van der Waals surface area contributed by atoms with Gasteiger partial charge in [0.25, 0.3) is 0 Å². The molecule has 31 heavy (non-hydrogen) atoms. The molecule has 3 heteroatoms. The third kappa shape index (κ3) is 3.17. The van der Waals surface area contributed by atoms with E-state index in [2.05, 4.69) is 53.5 Å². The number of hydrogen-bond donors (Lipinski definition) is 0. The molecule has 0 unspecified atom stereocenters. The molecule has 0 bridgehead atoms. The number of rotatable bonds is 3. The Morgan fingerprint density at radius 2 is 1.26 bits per heavy atom. The minimum absolute atomic E-state index is 0.849. The van der Waals surface area contributed by atoms with Crippen LogP contribution in [0.1, 0.15) is 0 Å². The summed E-state index contributed by atoms with van der Waals surface area (Å²) in [5, 5.41) is 2.26. The van der Waals surface area contributed by atoms with Crippen LogP contribution in [0, 0.1) is 0 Å². The first-order valence-corrected chi connectivity index (χ1v) is 10.3. The van der Waals surface area contributed by atoms with E-state index < -0.39 is 0 Å². The summed E-state index contributed by atoms with van der Waals surface area (Å²) in [4.78, 5) is 9.43. The van der Waals surface area contributed by atoms with Crippen molar-refractivity contribution in [2.45, 2.75) is 0 Å². The molecule has 0 amide bonds. The van der Waals surface area contributed by atoms with Gasteiger partial charge in [-0.2, -0.15) is 0 Å². The van der Waals surface area contributed by atoms with Crippen LogP contribution in [0.4, 0.5) is 0 Å². The summed E-state index contributed by atoms with van der Waals surface area (Å²) < 4.78 is 6.12. The normalized spacial score (nSPS) is 11.2. The summed E-state index contributed by atoms with van der Waals surface area (Å²) in [6, 6.07) is 34.9. The van der Waals surface area contributed by atoms with E-state index >= 15 is 0 Å². The second-order valence-electron chi connectivity index (χ2n) is 7.52. The van der Waals surface area contributed by atoms with Gasteiger partial charge >= 0.3 is 0 Å². The first-order valence-electron chi connectivity index (χ1n) is 10.3. The number of hydrogen-bond acceptors (Lipinski definition) is 3. The van der Waals surface area contributed by atoms with Gasteiger partial charge < -0.3 is 4.42 Å². The summed E-state index contributed by atoms with van der Waals surface area (Å²) in [6.45, 7) is 0. The van der Waals surface area contributed by atoms with E-state index in [-0.39, 0.29) is 0 Å². The molecule has 0 saturated heterocycles. The van der Waals surface area contributed by atoms with E-state index in [1.807, 2.05) is 54.6 Å². The molecule has 0 radical (unpaired) electrons. The van der Waals surface area contributed by atoms with Crippen LogP contribution in [-0.2, 0) is 0 Å². The molecule has 3 nitrogen and oxygen atoms in total. The van der Waals surface area contributed by atoms with Crippen molar-refractivity contribution in [1.82, 2.24) is 9.97 Å². The van der Waals surface area contributed by atoms with Crippen LogP contribution in [0.3, 0.4) is 0 Å². The number of benzene rings is 3. The van der Waals surface area contributed by atoms with E-state index in [0.29, 0.717) is 0 Å². The lowest BCUT2D eigenvalue weighted by atomic mass is 10.00. The Kier molecular flexibility index (Phi) is 4.10. The summed E-state index contributed by atoms with van der Waals surface area (Å²) in [6.07, 6.45) is 1.80. The van der Waals surface area contributed by atoms with Crippen molar-refractivity contribution in [1.29, 1.82) is 0 Å². The van der Waals surface area contributed by atoms with Gasteiger partial charge in [0.1, 0.15) is 11.2 Å². The monoisotopic (exact) mass is 398 g/mol. The van der Waals surface area contributed by atoms with Gasteiger partial charge in [0.15, 0.2) is 0 Å². The van der Waals surface area contributed by atoms with E-state index in [4.69, 9.17) is 9.40 Å². The van der Waals surface area contributed by atoms with Crippen molar-refractivity contribution in [2.75, 3.05) is 0 Å². The zero-order chi connectivity index (χ0) is 20.6. The van der Waals surface area contributed by atoms with Gasteiger partial charge in [-0.15, -0.1) is 0 Å². The van der Waals surface area contributed by atoms with Gasteiger partial charge in [-0.25, -0.2) is 4.98 Å². The summed E-state index contributed by atoms with van der Waals surface area (Å²) in [7, 11) is 0. The lowest BCUT2D eigenvalue weighted by Crippen LogP contribution is -1.92. The minimum Gasteiger partial charge on any atom is -0.456 e. The molecule has 0 aliphatic rings. The average Bonchev–Trinajstić information content (AvgIpc) is 3.23. The largest absolute Gasteiger partial charge is 0.456 e. The standard InChI is InChI=1S/C28H18N2O/c1-2-8-19(9-3-1)25-16-21(17-26(30-25)24-11-6-7-15-29-24)20-13-14-23-22-10-4-5-12-27(22)31-28(23)18-20/h1-18H. The molecular formula is C28H18N2O. The molecule has 0 N–H and O–H groups in total. The SMILES string of the molecule is c1ccc(-c2cc(-c3ccc4c(c3)oc3ccccc34)cc(-c3ccccn3)n2)cc1. The van der Waals surface area contributed by atoms with Crippen molar-refractivity contribution >= 4 is 21.9 Å². The molecule has 6 rings (SSSR count). The van der Waals surface area contributed by atoms with Crippen molar-refractivity contribution in [3.63, 3.8) is 0 Å². The first kappa shape index (κ1) is 17.6. The predicted molar refractivity (Wildman–Crippen MR) is 126 cm³/mol. The Hall–Kier alpha value is -4.24. The van der Waals surface area contributed by atoms with Gasteiger partial charge in [-0.05, 0) is 53.6 Å². The number of para-hydroxylation sites is 1. The van der Waals surface area contributed by atoms with Crippen molar-refractivity contribution < 1.29 is 4.42 Å². The van der Waals surface area contributed by atoms with Crippen LogP contribution < -0.4 is 0 Å². The lowest BCUT2D eigenvalue weighted by molar-refractivity contribution is 0.669. The molecule has 3 aromatic heterocycles. The zero-order valence-electron chi connectivity index (χ0n) is 16.7. The molecule has 0 atom stereocenters. The number of pyridine rings is 2. The van der Waals surface area contributed by atoms with Crippen molar-refractivity contribution in [3.8, 4) is 33.8 Å². The van der Waals surface area contributed by atoms with Crippen molar-refractivity contribution in [2.24, 2.45) is 0 Å². The second-order valence-corrected chi connectivity index (χ2v) is 7.52. The summed E-state index contributed by atoms with van der Waals surface area (Å²) >= 11 is 0. The molecular weight excluding hydrogens is 380 g/mol.